The van der Waals surface area contributed by atoms with Gasteiger partial charge < -0.3 is 10.2 Å². The molecule has 2 N–H and O–H groups in total. The number of allylic oxidation sites excluding steroid dienone is 1. The molecule has 0 radical (unpaired) electrons. The van der Waals surface area contributed by atoms with Gasteiger partial charge in [0.05, 0.1) is 6.10 Å². The number of hydrogen-bond donors (Lipinski definition) is 2. The van der Waals surface area contributed by atoms with Gasteiger partial charge in [0, 0.05) is 6.08 Å². The van der Waals surface area contributed by atoms with E-state index in [1.54, 1.807) is 0 Å². The minimum atomic E-state index is -0.831. The van der Waals surface area contributed by atoms with Crippen molar-refractivity contribution in [2.24, 2.45) is 64.1 Å². The number of hydrogen-bond acceptors (Lipinski definition) is 2. The number of aliphatic hydroxyl groups excluding tert-OH is 1. The molecule has 4 rings (SSSR count). The number of aliphatic carboxylic acids is 1. The minimum Gasteiger partial charge on any atom is -0.478 e. The second-order valence-corrected chi connectivity index (χ2v) is 16.7. The first-order chi connectivity index (χ1) is 20.0. The summed E-state index contributed by atoms with van der Waals surface area (Å²) in [6, 6.07) is 0. The largest absolute Gasteiger partial charge is 0.478 e. The Morgan fingerprint density at radius 2 is 1.62 bits per heavy atom. The van der Waals surface area contributed by atoms with Crippen LogP contribution in [0.15, 0.2) is 12.2 Å². The maximum atomic E-state index is 11.4. The zero-order valence-electron chi connectivity index (χ0n) is 28.5. The van der Waals surface area contributed by atoms with E-state index >= 15 is 0 Å². The quantitative estimate of drug-likeness (QED) is 0.149. The second kappa shape index (κ2) is 15.0. The van der Waals surface area contributed by atoms with E-state index in [1.807, 2.05) is 6.08 Å². The molecule has 4 aliphatic carbocycles. The summed E-state index contributed by atoms with van der Waals surface area (Å²) in [4.78, 5) is 11.4. The molecule has 0 saturated heterocycles. The van der Waals surface area contributed by atoms with Gasteiger partial charge in [-0.1, -0.05) is 99.0 Å². The molecule has 0 heterocycles. The van der Waals surface area contributed by atoms with Crippen LogP contribution in [0, 0.1) is 64.1 Å². The standard InChI is InChI=1S/C39H68O3/c1-7-8-9-10-11-16-29(17-13-18-37(41)42)36-26-31(40)25-30-19-20-32-34-22-21-33(28(4)15-12-14-27(2)3)38(34,5)24-23-35(32)39(30,36)6/h13,18,27-36,40H,7-12,14-17,19-26H2,1-6H3,(H,41,42)/t28-,29?,30?,31?,32+,33-,34+,35+,36?,38-,39+/m1/s1. The Labute approximate surface area is 260 Å². The van der Waals surface area contributed by atoms with Crippen LogP contribution in [0.5, 0.6) is 0 Å². The summed E-state index contributed by atoms with van der Waals surface area (Å²) in [6.45, 7) is 15.0. The summed E-state index contributed by atoms with van der Waals surface area (Å²) in [5, 5.41) is 20.6. The first-order valence-electron chi connectivity index (χ1n) is 18.6. The predicted octanol–water partition coefficient (Wildman–Crippen LogP) is 10.7. The molecule has 42 heavy (non-hydrogen) atoms. The van der Waals surface area contributed by atoms with Gasteiger partial charge >= 0.3 is 5.97 Å². The number of carbonyl (C=O) groups is 1. The fraction of sp³-hybridized carbons (Fsp3) is 0.923. The zero-order chi connectivity index (χ0) is 30.5. The number of fused-ring (bicyclic) bond motifs is 5. The van der Waals surface area contributed by atoms with Crippen molar-refractivity contribution in [3.63, 3.8) is 0 Å². The van der Waals surface area contributed by atoms with E-state index in [1.165, 1.54) is 102 Å². The fourth-order valence-electron chi connectivity index (χ4n) is 12.0. The maximum Gasteiger partial charge on any atom is 0.327 e. The molecule has 0 aromatic rings. The highest BCUT2D eigenvalue weighted by molar-refractivity contribution is 5.79. The number of carboxylic acid groups (broad SMARTS) is 1. The molecule has 4 aliphatic rings. The Morgan fingerprint density at radius 1 is 0.857 bits per heavy atom. The van der Waals surface area contributed by atoms with Crippen LogP contribution in [0.1, 0.15) is 157 Å². The second-order valence-electron chi connectivity index (χ2n) is 16.7. The molecule has 11 atom stereocenters. The highest BCUT2D eigenvalue weighted by Gasteiger charge is 2.63. The molecule has 0 bridgehead atoms. The van der Waals surface area contributed by atoms with Crippen LogP contribution in [-0.2, 0) is 4.79 Å². The van der Waals surface area contributed by atoms with Crippen LogP contribution in [0.4, 0.5) is 0 Å². The first kappa shape index (κ1) is 34.1. The Balaban J connectivity index is 1.55. The maximum absolute atomic E-state index is 11.4. The van der Waals surface area contributed by atoms with Gasteiger partial charge in [-0.15, -0.1) is 0 Å². The average Bonchev–Trinajstić information content (AvgIpc) is 3.29. The lowest BCUT2D eigenvalue weighted by atomic mass is 9.41. The van der Waals surface area contributed by atoms with Gasteiger partial charge in [0.2, 0.25) is 0 Å². The highest BCUT2D eigenvalue weighted by atomic mass is 16.4. The molecule has 4 fully saturated rings. The Kier molecular flexibility index (Phi) is 12.1. The number of rotatable bonds is 15. The Bertz CT molecular complexity index is 879. The van der Waals surface area contributed by atoms with E-state index in [0.717, 1.165) is 54.8 Å². The van der Waals surface area contributed by atoms with Gasteiger partial charge in [-0.2, -0.15) is 0 Å². The molecule has 0 spiro atoms. The van der Waals surface area contributed by atoms with Gasteiger partial charge in [0.15, 0.2) is 0 Å². The van der Waals surface area contributed by atoms with Crippen LogP contribution >= 0.6 is 0 Å². The van der Waals surface area contributed by atoms with Crippen LogP contribution in [0.3, 0.4) is 0 Å². The van der Waals surface area contributed by atoms with Gasteiger partial charge in [-0.3, -0.25) is 0 Å². The zero-order valence-corrected chi connectivity index (χ0v) is 28.5. The third-order valence-corrected chi connectivity index (χ3v) is 14.0. The molecule has 3 heteroatoms. The van der Waals surface area contributed by atoms with Gasteiger partial charge in [0.1, 0.15) is 0 Å². The van der Waals surface area contributed by atoms with Crippen molar-refractivity contribution >= 4 is 5.97 Å². The SMILES string of the molecule is CCCCCCCC(CC=CC(=O)O)C1CC(O)CC2CC[C@@H]3[C@H](CC[C@]4(C)[C@@H]([C@H](C)CCCC(C)C)CC[C@@H]34)[C@]21C. The molecule has 242 valence electrons. The van der Waals surface area contributed by atoms with Gasteiger partial charge in [0.25, 0.3) is 0 Å². The summed E-state index contributed by atoms with van der Waals surface area (Å²) >= 11 is 0. The summed E-state index contributed by atoms with van der Waals surface area (Å²) < 4.78 is 0. The van der Waals surface area contributed by atoms with E-state index < -0.39 is 5.97 Å². The van der Waals surface area contributed by atoms with Crippen molar-refractivity contribution < 1.29 is 15.0 Å². The third kappa shape index (κ3) is 7.34. The minimum absolute atomic E-state index is 0.188. The molecular weight excluding hydrogens is 516 g/mol. The first-order valence-corrected chi connectivity index (χ1v) is 18.6. The van der Waals surface area contributed by atoms with Crippen LogP contribution in [0.25, 0.3) is 0 Å². The lowest BCUT2D eigenvalue weighted by Gasteiger charge is -2.64. The number of carboxylic acids is 1. The van der Waals surface area contributed by atoms with Crippen molar-refractivity contribution in [2.45, 2.75) is 163 Å². The smallest absolute Gasteiger partial charge is 0.327 e. The average molecular weight is 585 g/mol. The number of unbranched alkanes of at least 4 members (excludes halogenated alkanes) is 4. The molecular formula is C39H68O3. The van der Waals surface area contributed by atoms with Gasteiger partial charge in [-0.25, -0.2) is 4.79 Å². The lowest BCUT2D eigenvalue weighted by molar-refractivity contribution is -0.170. The molecule has 0 aromatic carbocycles. The number of aliphatic hydroxyl groups is 1. The van der Waals surface area contributed by atoms with Crippen molar-refractivity contribution in [1.82, 2.24) is 0 Å². The monoisotopic (exact) mass is 585 g/mol. The Morgan fingerprint density at radius 3 is 2.33 bits per heavy atom. The summed E-state index contributed by atoms with van der Waals surface area (Å²) in [5.41, 5.74) is 0.782. The summed E-state index contributed by atoms with van der Waals surface area (Å²) in [7, 11) is 0. The fourth-order valence-corrected chi connectivity index (χ4v) is 12.0. The third-order valence-electron chi connectivity index (χ3n) is 14.0. The van der Waals surface area contributed by atoms with Crippen molar-refractivity contribution in [2.75, 3.05) is 0 Å². The highest BCUT2D eigenvalue weighted by Crippen LogP contribution is 2.70. The topological polar surface area (TPSA) is 57.5 Å². The molecule has 4 unspecified atom stereocenters. The molecule has 3 nitrogen and oxygen atoms in total. The van der Waals surface area contributed by atoms with E-state index in [2.05, 4.69) is 41.5 Å². The van der Waals surface area contributed by atoms with Crippen molar-refractivity contribution in [3.8, 4) is 0 Å². The van der Waals surface area contributed by atoms with Crippen molar-refractivity contribution in [1.29, 1.82) is 0 Å². The van der Waals surface area contributed by atoms with E-state index in [-0.39, 0.29) is 11.5 Å². The molecule has 0 amide bonds. The van der Waals surface area contributed by atoms with Gasteiger partial charge in [-0.05, 0) is 128 Å². The van der Waals surface area contributed by atoms with Crippen molar-refractivity contribution in [3.05, 3.63) is 12.2 Å². The van der Waals surface area contributed by atoms with Crippen LogP contribution < -0.4 is 0 Å². The summed E-state index contributed by atoms with van der Waals surface area (Å²) in [6.07, 6.45) is 26.0. The van der Waals surface area contributed by atoms with Crippen LogP contribution in [0.2, 0.25) is 0 Å². The van der Waals surface area contributed by atoms with E-state index in [0.29, 0.717) is 23.2 Å². The van der Waals surface area contributed by atoms with E-state index in [9.17, 15) is 15.0 Å². The summed E-state index contributed by atoms with van der Waals surface area (Å²) in [5.74, 6) is 5.81. The van der Waals surface area contributed by atoms with E-state index in [4.69, 9.17) is 0 Å². The molecule has 0 aliphatic heterocycles. The predicted molar refractivity (Wildman–Crippen MR) is 176 cm³/mol. The normalized spacial score (nSPS) is 39.6. The Hall–Kier alpha value is -0.830. The van der Waals surface area contributed by atoms with Crippen LogP contribution in [-0.4, -0.2) is 22.3 Å². The lowest BCUT2D eigenvalue weighted by Crippen LogP contribution is -2.58. The molecule has 0 aromatic heterocycles. The molecule has 4 saturated carbocycles.